The van der Waals surface area contributed by atoms with Crippen LogP contribution in [0.5, 0.6) is 0 Å². The molecule has 0 aliphatic carbocycles. The van der Waals surface area contributed by atoms with Crippen LogP contribution in [0.2, 0.25) is 0 Å². The zero-order chi connectivity index (χ0) is 23.9. The van der Waals surface area contributed by atoms with Crippen molar-refractivity contribution in [2.75, 3.05) is 57.8 Å². The summed E-state index contributed by atoms with van der Waals surface area (Å²) in [6.45, 7) is 4.75. The second-order valence-corrected chi connectivity index (χ2v) is 11.1. The third-order valence-corrected chi connectivity index (χ3v) is 9.35. The molecule has 33 heavy (non-hydrogen) atoms. The summed E-state index contributed by atoms with van der Waals surface area (Å²) in [4.78, 5) is 15.3. The summed E-state index contributed by atoms with van der Waals surface area (Å²) in [5.74, 6) is -0.565. The van der Waals surface area contributed by atoms with Crippen molar-refractivity contribution in [2.45, 2.75) is 50.1 Å². The van der Waals surface area contributed by atoms with E-state index in [4.69, 9.17) is 4.74 Å². The number of methoxy groups -OCH3 is 1. The van der Waals surface area contributed by atoms with E-state index in [9.17, 15) is 18.3 Å². The first-order valence-electron chi connectivity index (χ1n) is 11.9. The molecule has 0 radical (unpaired) electrons. The van der Waals surface area contributed by atoms with E-state index >= 15 is 0 Å². The molecule has 9 nitrogen and oxygen atoms in total. The first-order valence-corrected chi connectivity index (χ1v) is 13.3. The molecule has 2 fully saturated rings. The van der Waals surface area contributed by atoms with Crippen molar-refractivity contribution in [2.24, 2.45) is 0 Å². The number of aliphatic hydroxyl groups excluding tert-OH is 1. The third kappa shape index (κ3) is 5.86. The standard InChI is InChI=1S/C23H38N4O5S/c1-3-4-5-19-6-8-20(9-7-19)26-14-16-27(17-15-26)33(30,31)23(10-12-24-13-11-23)22(29)25-18-21(28)32-2/h6-9,21,24,28H,3-5,10-18H2,1-2H3,(H,25,29). The molecule has 1 amide bonds. The summed E-state index contributed by atoms with van der Waals surface area (Å²) >= 11 is 0. The van der Waals surface area contributed by atoms with Crippen LogP contribution in [0.25, 0.3) is 0 Å². The highest BCUT2D eigenvalue weighted by atomic mass is 32.2. The Morgan fingerprint density at radius 3 is 2.39 bits per heavy atom. The predicted molar refractivity (Wildman–Crippen MR) is 129 cm³/mol. The zero-order valence-corrected chi connectivity index (χ0v) is 20.6. The van der Waals surface area contributed by atoms with Gasteiger partial charge in [0.1, 0.15) is 0 Å². The Labute approximate surface area is 197 Å². The Morgan fingerprint density at radius 1 is 1.18 bits per heavy atom. The lowest BCUT2D eigenvalue weighted by Gasteiger charge is -2.42. The highest BCUT2D eigenvalue weighted by Crippen LogP contribution is 2.32. The molecule has 2 saturated heterocycles. The van der Waals surface area contributed by atoms with E-state index in [-0.39, 0.29) is 19.4 Å². The van der Waals surface area contributed by atoms with Crippen LogP contribution in [0, 0.1) is 0 Å². The number of ether oxygens (including phenoxy) is 1. The molecule has 2 aliphatic rings. The minimum atomic E-state index is -3.89. The Morgan fingerprint density at radius 2 is 1.82 bits per heavy atom. The average Bonchev–Trinajstić information content (AvgIpc) is 2.86. The van der Waals surface area contributed by atoms with E-state index in [0.717, 1.165) is 12.1 Å². The van der Waals surface area contributed by atoms with Crippen molar-refractivity contribution in [1.82, 2.24) is 14.9 Å². The SMILES string of the molecule is CCCCc1ccc(N2CCN(S(=O)(=O)C3(C(=O)NCC(O)OC)CCNCC3)CC2)cc1. The molecule has 0 spiro atoms. The molecule has 0 bridgehead atoms. The van der Waals surface area contributed by atoms with Gasteiger partial charge >= 0.3 is 0 Å². The largest absolute Gasteiger partial charge is 0.369 e. The molecule has 1 aromatic rings. The molecule has 10 heteroatoms. The number of carbonyl (C=O) groups is 1. The summed E-state index contributed by atoms with van der Waals surface area (Å²) in [5, 5.41) is 15.4. The van der Waals surface area contributed by atoms with Gasteiger partial charge < -0.3 is 25.4 Å². The predicted octanol–water partition coefficient (Wildman–Crippen LogP) is 0.684. The first-order chi connectivity index (χ1) is 15.8. The van der Waals surface area contributed by atoms with Crippen molar-refractivity contribution >= 4 is 21.6 Å². The molecule has 1 unspecified atom stereocenters. The van der Waals surface area contributed by atoms with E-state index in [0.29, 0.717) is 39.3 Å². The van der Waals surface area contributed by atoms with Gasteiger partial charge in [-0.1, -0.05) is 25.5 Å². The number of piperazine rings is 1. The maximum Gasteiger partial charge on any atom is 0.243 e. The van der Waals surface area contributed by atoms with Crippen molar-refractivity contribution in [3.8, 4) is 0 Å². The van der Waals surface area contributed by atoms with Gasteiger partial charge in [-0.25, -0.2) is 8.42 Å². The number of sulfonamides is 1. The molecule has 0 saturated carbocycles. The fourth-order valence-electron chi connectivity index (χ4n) is 4.55. The molecule has 3 rings (SSSR count). The number of rotatable bonds is 10. The monoisotopic (exact) mass is 482 g/mol. The van der Waals surface area contributed by atoms with Crippen LogP contribution < -0.4 is 15.5 Å². The summed E-state index contributed by atoms with van der Waals surface area (Å²) in [5.41, 5.74) is 2.41. The van der Waals surface area contributed by atoms with Crippen molar-refractivity contribution in [1.29, 1.82) is 0 Å². The van der Waals surface area contributed by atoms with Crippen LogP contribution in [0.15, 0.2) is 24.3 Å². The number of aryl methyl sites for hydroxylation is 1. The normalized spacial score (nSPS) is 20.4. The molecule has 0 aromatic heterocycles. The summed E-state index contributed by atoms with van der Waals surface area (Å²) in [6, 6.07) is 8.52. The molecule has 2 heterocycles. The third-order valence-electron chi connectivity index (χ3n) is 6.73. The molecule has 2 aliphatic heterocycles. The Kier molecular flexibility index (Phi) is 9.11. The molecule has 1 atom stereocenters. The Hall–Kier alpha value is -1.72. The number of benzene rings is 1. The molecular weight excluding hydrogens is 444 g/mol. The average molecular weight is 483 g/mol. The lowest BCUT2D eigenvalue weighted by Crippen LogP contribution is -2.64. The smallest absolute Gasteiger partial charge is 0.243 e. The zero-order valence-electron chi connectivity index (χ0n) is 19.8. The number of hydrogen-bond acceptors (Lipinski definition) is 7. The van der Waals surface area contributed by atoms with Crippen LogP contribution >= 0.6 is 0 Å². The van der Waals surface area contributed by atoms with E-state index < -0.39 is 27.0 Å². The van der Waals surface area contributed by atoms with Crippen LogP contribution in [-0.2, 0) is 26.0 Å². The molecule has 1 aromatic carbocycles. The van der Waals surface area contributed by atoms with Gasteiger partial charge in [0.25, 0.3) is 0 Å². The van der Waals surface area contributed by atoms with Crippen molar-refractivity contribution < 1.29 is 23.1 Å². The summed E-state index contributed by atoms with van der Waals surface area (Å²) in [6.07, 6.45) is 2.63. The number of nitrogens with zero attached hydrogens (tertiary/aromatic N) is 2. The second kappa shape index (κ2) is 11.6. The quantitative estimate of drug-likeness (QED) is 0.421. The highest BCUT2D eigenvalue weighted by molar-refractivity contribution is 7.91. The van der Waals surface area contributed by atoms with E-state index in [1.807, 2.05) is 0 Å². The van der Waals surface area contributed by atoms with Gasteiger partial charge in [-0.05, 0) is 56.5 Å². The van der Waals surface area contributed by atoms with Crippen molar-refractivity contribution in [3.63, 3.8) is 0 Å². The number of aliphatic hydroxyl groups is 1. The van der Waals surface area contributed by atoms with E-state index in [1.165, 1.54) is 29.8 Å². The number of piperidine rings is 1. The number of anilines is 1. The number of nitrogens with one attached hydrogen (secondary N) is 2. The van der Waals surface area contributed by atoms with Gasteiger partial charge in [0.15, 0.2) is 11.0 Å². The maximum absolute atomic E-state index is 13.7. The number of amides is 1. The van der Waals surface area contributed by atoms with Gasteiger partial charge in [0, 0.05) is 39.0 Å². The maximum atomic E-state index is 13.7. The molecule has 186 valence electrons. The minimum Gasteiger partial charge on any atom is -0.369 e. The van der Waals surface area contributed by atoms with Gasteiger partial charge in [-0.3, -0.25) is 4.79 Å². The highest BCUT2D eigenvalue weighted by Gasteiger charge is 2.54. The van der Waals surface area contributed by atoms with Crippen molar-refractivity contribution in [3.05, 3.63) is 29.8 Å². The molecular formula is C23H38N4O5S. The number of unbranched alkanes of at least 4 members (excludes halogenated alkanes) is 1. The fourth-order valence-corrected chi connectivity index (χ4v) is 6.71. The Bertz CT molecular complexity index is 863. The summed E-state index contributed by atoms with van der Waals surface area (Å²) < 4.78 is 32.2. The Balaban J connectivity index is 1.68. The van der Waals surface area contributed by atoms with Crippen LogP contribution in [-0.4, -0.2) is 87.7 Å². The lowest BCUT2D eigenvalue weighted by molar-refractivity contribution is -0.128. The van der Waals surface area contributed by atoms with Crippen LogP contribution in [0.1, 0.15) is 38.2 Å². The summed E-state index contributed by atoms with van der Waals surface area (Å²) in [7, 11) is -2.57. The van der Waals surface area contributed by atoms with Gasteiger partial charge in [0.2, 0.25) is 15.9 Å². The minimum absolute atomic E-state index is 0.151. The second-order valence-electron chi connectivity index (χ2n) is 8.81. The van der Waals surface area contributed by atoms with Gasteiger partial charge in [-0.15, -0.1) is 0 Å². The fraction of sp³-hybridized carbons (Fsp3) is 0.696. The molecule has 3 N–H and O–H groups in total. The van der Waals surface area contributed by atoms with Gasteiger partial charge in [-0.2, -0.15) is 4.31 Å². The van der Waals surface area contributed by atoms with Crippen LogP contribution in [0.4, 0.5) is 5.69 Å². The van der Waals surface area contributed by atoms with Gasteiger partial charge in [0.05, 0.1) is 6.54 Å². The van der Waals surface area contributed by atoms with Crippen LogP contribution in [0.3, 0.4) is 0 Å². The topological polar surface area (TPSA) is 111 Å². The first kappa shape index (κ1) is 25.9. The van der Waals surface area contributed by atoms with E-state index in [2.05, 4.69) is 46.7 Å². The lowest BCUT2D eigenvalue weighted by atomic mass is 9.96. The number of hydrogen-bond donors (Lipinski definition) is 3. The number of carbonyl (C=O) groups excluding carboxylic acids is 1. The van der Waals surface area contributed by atoms with E-state index in [1.54, 1.807) is 0 Å².